The summed E-state index contributed by atoms with van der Waals surface area (Å²) >= 11 is 24.8. The first-order chi connectivity index (χ1) is 27.9. The zero-order chi connectivity index (χ0) is 41.1. The molecule has 2 atom stereocenters. The van der Waals surface area contributed by atoms with E-state index in [9.17, 15) is 14.4 Å². The molecule has 3 aromatic carbocycles. The number of carbonyl (C=O) groups excluding carboxylic acids is 3. The Labute approximate surface area is 371 Å². The molecule has 0 aromatic heterocycles. The average molecular weight is 919 g/mol. The van der Waals surface area contributed by atoms with E-state index in [1.807, 2.05) is 0 Å². The Morgan fingerprint density at radius 1 is 0.414 bits per heavy atom. The number of fused-ring (bicyclic) bond motifs is 6. The second-order valence-corrected chi connectivity index (χ2v) is 27.3. The van der Waals surface area contributed by atoms with Crippen LogP contribution >= 0.6 is 70.2 Å². The van der Waals surface area contributed by atoms with Crippen molar-refractivity contribution in [1.29, 1.82) is 0 Å². The third kappa shape index (κ3) is 9.99. The molecule has 6 heterocycles. The minimum Gasteiger partial charge on any atom is -0.289 e. The molecule has 0 spiro atoms. The van der Waals surface area contributed by atoms with Gasteiger partial charge < -0.3 is 0 Å². The van der Waals surface area contributed by atoms with E-state index in [2.05, 4.69) is 32.9 Å². The smallest absolute Gasteiger partial charge is 0.187 e. The summed E-state index contributed by atoms with van der Waals surface area (Å²) in [7, 11) is -1.60. The molecule has 0 aliphatic carbocycles. The fourth-order valence-corrected chi connectivity index (χ4v) is 23.5. The first kappa shape index (κ1) is 45.2. The lowest BCUT2D eigenvalue weighted by molar-refractivity contribution is 0.106. The van der Waals surface area contributed by atoms with Crippen LogP contribution in [0.4, 0.5) is 0 Å². The van der Waals surface area contributed by atoms with Crippen LogP contribution in [0.3, 0.4) is 0 Å². The molecule has 9 rings (SSSR count). The fraction of sp³-hybridized carbons (Fsp3) is 0.562. The summed E-state index contributed by atoms with van der Waals surface area (Å²) in [5.41, 5.74) is 10.8. The van der Waals surface area contributed by atoms with Gasteiger partial charge in [0.2, 0.25) is 0 Å². The Hall–Kier alpha value is -0.880. The zero-order valence-corrected chi connectivity index (χ0v) is 40.1. The van der Waals surface area contributed by atoms with E-state index < -0.39 is 23.8 Å². The summed E-state index contributed by atoms with van der Waals surface area (Å²) in [6.45, 7) is 6.35. The minimum absolute atomic E-state index is 0.250. The first-order valence-electron chi connectivity index (χ1n) is 21.9. The molecule has 3 nitrogen and oxygen atoms in total. The monoisotopic (exact) mass is 916 g/mol. The van der Waals surface area contributed by atoms with Gasteiger partial charge in [-0.15, -0.1) is 0 Å². The van der Waals surface area contributed by atoms with Crippen LogP contribution in [-0.4, -0.2) is 50.5 Å². The molecular weight excluding hydrogens is 859 g/mol. The number of halogens is 4. The van der Waals surface area contributed by atoms with E-state index in [1.54, 1.807) is 36.4 Å². The van der Waals surface area contributed by atoms with Crippen molar-refractivity contribution in [3.05, 3.63) is 102 Å². The molecule has 6 bridgehead atoms. The lowest BCUT2D eigenvalue weighted by Crippen LogP contribution is -2.30. The van der Waals surface area contributed by atoms with Gasteiger partial charge >= 0.3 is 0 Å². The molecule has 6 fully saturated rings. The van der Waals surface area contributed by atoms with Gasteiger partial charge in [0.1, 0.15) is 0 Å². The lowest BCUT2D eigenvalue weighted by Gasteiger charge is -2.42. The van der Waals surface area contributed by atoms with Crippen molar-refractivity contribution in [3.8, 4) is 0 Å². The Bertz CT molecular complexity index is 1790. The van der Waals surface area contributed by atoms with Gasteiger partial charge in [-0.1, -0.05) is 115 Å². The van der Waals surface area contributed by atoms with Gasteiger partial charge in [-0.25, -0.2) is 0 Å². The quantitative estimate of drug-likeness (QED) is 0.232. The van der Waals surface area contributed by atoms with Gasteiger partial charge in [0.25, 0.3) is 0 Å². The van der Waals surface area contributed by atoms with Crippen molar-refractivity contribution < 1.29 is 14.4 Å². The molecule has 6 saturated heterocycles. The molecule has 0 amide bonds. The summed E-state index contributed by atoms with van der Waals surface area (Å²) in [5, 5.41) is 2.07. The Balaban J connectivity index is 0.000000132. The number of hydrogen-bond donors (Lipinski definition) is 0. The zero-order valence-electron chi connectivity index (χ0n) is 34.4. The van der Waals surface area contributed by atoms with Crippen LogP contribution in [0.1, 0.15) is 163 Å². The van der Waals surface area contributed by atoms with Gasteiger partial charge in [0, 0.05) is 5.56 Å². The van der Waals surface area contributed by atoms with Crippen LogP contribution in [-0.2, 0) is 0 Å². The first-order valence-corrected chi connectivity index (χ1v) is 27.8. The number of aryl methyl sites for hydroxylation is 3. The summed E-state index contributed by atoms with van der Waals surface area (Å²) in [6, 6.07) is 15.0. The van der Waals surface area contributed by atoms with Gasteiger partial charge in [0.15, 0.2) is 16.6 Å². The van der Waals surface area contributed by atoms with Crippen molar-refractivity contribution >= 4 is 86.7 Å². The van der Waals surface area contributed by atoms with Crippen LogP contribution in [0, 0.1) is 20.8 Å². The second-order valence-electron chi connectivity index (χ2n) is 17.6. The minimum atomic E-state index is -0.587. The molecule has 6 aliphatic heterocycles. The highest BCUT2D eigenvalue weighted by molar-refractivity contribution is 7.77. The van der Waals surface area contributed by atoms with Crippen molar-refractivity contribution in [2.24, 2.45) is 0 Å². The van der Waals surface area contributed by atoms with Crippen molar-refractivity contribution in [1.82, 2.24) is 0 Å². The van der Waals surface area contributed by atoms with Gasteiger partial charge in [-0.3, -0.25) is 14.4 Å². The molecule has 0 saturated carbocycles. The maximum absolute atomic E-state index is 13.2. The number of hydrogen-bond acceptors (Lipinski definition) is 3. The van der Waals surface area contributed by atoms with Crippen molar-refractivity contribution in [3.63, 3.8) is 0 Å². The summed E-state index contributed by atoms with van der Waals surface area (Å²) in [6.07, 6.45) is 22.8. The van der Waals surface area contributed by atoms with Gasteiger partial charge in [-0.2, -0.15) is 0 Å². The molecule has 58 heavy (non-hydrogen) atoms. The van der Waals surface area contributed by atoms with Gasteiger partial charge in [-0.05, 0) is 191 Å². The summed E-state index contributed by atoms with van der Waals surface area (Å²) in [5.74, 6) is 0. The lowest BCUT2D eigenvalue weighted by atomic mass is 9.98. The summed E-state index contributed by atoms with van der Waals surface area (Å²) < 4.78 is 0. The molecule has 312 valence electrons. The molecule has 3 aromatic rings. The Morgan fingerprint density at radius 3 is 0.983 bits per heavy atom. The predicted octanol–water partition coefficient (Wildman–Crippen LogP) is 16.8. The molecule has 6 aliphatic rings. The van der Waals surface area contributed by atoms with E-state index in [-0.39, 0.29) is 11.0 Å². The van der Waals surface area contributed by atoms with Crippen LogP contribution in [0.5, 0.6) is 0 Å². The third-order valence-electron chi connectivity index (χ3n) is 13.8. The molecular formula is C48H59Cl4O3P3. The molecule has 0 N–H and O–H groups in total. The van der Waals surface area contributed by atoms with Crippen molar-refractivity contribution in [2.45, 2.75) is 170 Å². The largest absolute Gasteiger partial charge is 0.289 e. The van der Waals surface area contributed by atoms with E-state index in [1.165, 1.54) is 132 Å². The van der Waals surface area contributed by atoms with E-state index in [4.69, 9.17) is 46.4 Å². The third-order valence-corrected chi connectivity index (χ3v) is 24.9. The van der Waals surface area contributed by atoms with E-state index >= 15 is 0 Å². The Morgan fingerprint density at radius 2 is 0.672 bits per heavy atom. The topological polar surface area (TPSA) is 51.2 Å². The van der Waals surface area contributed by atoms with Crippen LogP contribution in [0.15, 0.2) is 48.5 Å². The molecule has 0 radical (unpaired) electrons. The number of carbonyl (C=O) groups is 3. The number of rotatable bonds is 6. The highest BCUT2D eigenvalue weighted by Crippen LogP contribution is 2.64. The van der Waals surface area contributed by atoms with E-state index in [0.29, 0.717) is 59.4 Å². The van der Waals surface area contributed by atoms with Crippen molar-refractivity contribution in [2.75, 3.05) is 0 Å². The predicted molar refractivity (Wildman–Crippen MR) is 253 cm³/mol. The second kappa shape index (κ2) is 20.5. The fourth-order valence-electron chi connectivity index (χ4n) is 11.2. The Kier molecular flexibility index (Phi) is 16.0. The van der Waals surface area contributed by atoms with E-state index in [0.717, 1.165) is 16.9 Å². The normalized spacial score (nSPS) is 29.8. The molecule has 2 unspecified atom stereocenters. The van der Waals surface area contributed by atoms with Crippen LogP contribution in [0.2, 0.25) is 20.1 Å². The van der Waals surface area contributed by atoms with Crippen LogP contribution in [0.25, 0.3) is 0 Å². The molecule has 10 heteroatoms. The average Bonchev–Trinajstić information content (AvgIpc) is 3.45. The van der Waals surface area contributed by atoms with Crippen LogP contribution < -0.4 is 0 Å². The maximum atomic E-state index is 13.2. The summed E-state index contributed by atoms with van der Waals surface area (Å²) in [4.78, 5) is 39.0. The number of benzene rings is 3. The highest BCUT2D eigenvalue weighted by atomic mass is 35.5. The maximum Gasteiger partial charge on any atom is 0.187 e. The highest BCUT2D eigenvalue weighted by Gasteiger charge is 2.44. The SMILES string of the molecule is Cc1cc(C)c(C(=O)P2C3CCCC2CCC3)c(C)c1.O=C(c1c(Cl)cccc1Cl)P1C2CCCC1CCC2.O=C(c1c(Cl)cccc1Cl)P1C2CCCCC1CC2. The standard InChI is InChI=1S/C18H25OP.2C15H17Cl2OP/c1-12-10-13(2)17(14(3)11-12)18(19)20-15-6-4-7-16(20)9-5-8-15;16-12-8-3-9-13(17)14(12)15(18)19-10-4-1-5-11(19)7-2-6-10;16-12-6-3-7-13(17)14(12)15(18)19-10-4-1-2-5-11(19)9-8-10/h10-11,15-16H,4-9H2,1-3H3;3,8-11H,1-2,4-7H2;3,6-7,10-11H,1-2,4-5,8-9H2. The van der Waals surface area contributed by atoms with Gasteiger partial charge in [0.05, 0.1) is 31.2 Å².